The van der Waals surface area contributed by atoms with Crippen LogP contribution in [0.1, 0.15) is 41.6 Å². The molecule has 0 saturated carbocycles. The summed E-state index contributed by atoms with van der Waals surface area (Å²) in [5.74, 6) is 0.746. The van der Waals surface area contributed by atoms with E-state index in [2.05, 4.69) is 19.7 Å². The second-order valence-corrected chi connectivity index (χ2v) is 7.60. The van der Waals surface area contributed by atoms with Gasteiger partial charge < -0.3 is 9.84 Å². The molecular weight excluding hydrogens is 374 g/mol. The fraction of sp³-hybridized carbons (Fsp3) is 0.444. The average Bonchev–Trinajstić information content (AvgIpc) is 3.14. The predicted molar refractivity (Wildman–Crippen MR) is 97.6 cm³/mol. The van der Waals surface area contributed by atoms with Crippen LogP contribution in [-0.4, -0.2) is 44.3 Å². The molecule has 1 saturated heterocycles. The Bertz CT molecular complexity index is 937. The Morgan fingerprint density at radius 3 is 2.70 bits per heavy atom. The number of halogens is 2. The first-order valence-corrected chi connectivity index (χ1v) is 9.68. The van der Waals surface area contributed by atoms with Gasteiger partial charge in [-0.1, -0.05) is 29.9 Å². The highest BCUT2D eigenvalue weighted by molar-refractivity contribution is 7.17. The molecule has 3 heterocycles. The van der Waals surface area contributed by atoms with Gasteiger partial charge in [-0.05, 0) is 50.6 Å². The van der Waals surface area contributed by atoms with Crippen LogP contribution in [0, 0.1) is 6.92 Å². The molecule has 1 atom stereocenters. The van der Waals surface area contributed by atoms with E-state index < -0.39 is 6.61 Å². The number of hydrogen-bond acceptors (Lipinski definition) is 6. The first kappa shape index (κ1) is 18.1. The molecule has 0 amide bonds. The summed E-state index contributed by atoms with van der Waals surface area (Å²) < 4.78 is 31.3. The molecular formula is C18H20F2N4O2S. The second-order valence-electron chi connectivity index (χ2n) is 6.59. The number of aromatic hydroxyl groups is 1. The first-order chi connectivity index (χ1) is 13.0. The van der Waals surface area contributed by atoms with Gasteiger partial charge in [-0.15, -0.1) is 5.10 Å². The van der Waals surface area contributed by atoms with E-state index in [0.29, 0.717) is 15.7 Å². The number of nitrogens with zero attached hydrogens (tertiary/aromatic N) is 4. The van der Waals surface area contributed by atoms with Gasteiger partial charge in [-0.25, -0.2) is 4.98 Å². The van der Waals surface area contributed by atoms with Gasteiger partial charge >= 0.3 is 6.61 Å². The summed E-state index contributed by atoms with van der Waals surface area (Å²) in [6, 6.07) is 6.43. The van der Waals surface area contributed by atoms with Gasteiger partial charge in [0.25, 0.3) is 0 Å². The van der Waals surface area contributed by atoms with E-state index in [-0.39, 0.29) is 17.7 Å². The van der Waals surface area contributed by atoms with Crippen molar-refractivity contribution >= 4 is 16.3 Å². The summed E-state index contributed by atoms with van der Waals surface area (Å²) in [6.45, 7) is 0.638. The van der Waals surface area contributed by atoms with Crippen LogP contribution in [-0.2, 0) is 0 Å². The number of hydrogen-bond donors (Lipinski definition) is 1. The number of aromatic nitrogens is 3. The van der Waals surface area contributed by atoms with Crippen molar-refractivity contribution in [3.05, 3.63) is 40.5 Å². The number of ether oxygens (including phenoxy) is 1. The maximum absolute atomic E-state index is 12.6. The number of benzene rings is 1. The Morgan fingerprint density at radius 2 is 2.00 bits per heavy atom. The minimum Gasteiger partial charge on any atom is -0.492 e. The van der Waals surface area contributed by atoms with Crippen molar-refractivity contribution in [2.45, 2.75) is 38.8 Å². The number of rotatable bonds is 5. The summed E-state index contributed by atoms with van der Waals surface area (Å²) in [7, 11) is 0. The minimum absolute atomic E-state index is 0.0476. The zero-order chi connectivity index (χ0) is 19.0. The van der Waals surface area contributed by atoms with E-state index in [4.69, 9.17) is 0 Å². The molecule has 2 aromatic heterocycles. The third-order valence-electron chi connectivity index (χ3n) is 4.71. The maximum Gasteiger partial charge on any atom is 0.387 e. The minimum atomic E-state index is -2.88. The lowest BCUT2D eigenvalue weighted by Crippen LogP contribution is -2.34. The third kappa shape index (κ3) is 3.61. The van der Waals surface area contributed by atoms with Crippen LogP contribution in [0.3, 0.4) is 0 Å². The van der Waals surface area contributed by atoms with Crippen molar-refractivity contribution in [3.8, 4) is 11.6 Å². The Kier molecular flexibility index (Phi) is 4.96. The molecule has 1 aromatic carbocycles. The normalized spacial score (nSPS) is 16.9. The van der Waals surface area contributed by atoms with Gasteiger partial charge in [0.15, 0.2) is 0 Å². The highest BCUT2D eigenvalue weighted by Gasteiger charge is 2.30. The fourth-order valence-corrected chi connectivity index (χ4v) is 4.75. The van der Waals surface area contributed by atoms with Crippen LogP contribution >= 0.6 is 11.3 Å². The molecule has 9 heteroatoms. The van der Waals surface area contributed by atoms with Crippen LogP contribution < -0.4 is 4.74 Å². The smallest absolute Gasteiger partial charge is 0.387 e. The van der Waals surface area contributed by atoms with Crippen LogP contribution in [0.25, 0.3) is 4.96 Å². The largest absolute Gasteiger partial charge is 0.492 e. The van der Waals surface area contributed by atoms with Gasteiger partial charge in [0, 0.05) is 0 Å². The lowest BCUT2D eigenvalue weighted by Gasteiger charge is -2.34. The lowest BCUT2D eigenvalue weighted by atomic mass is 10.00. The molecule has 1 N–H and O–H groups in total. The molecule has 27 heavy (non-hydrogen) atoms. The molecule has 1 fully saturated rings. The zero-order valence-electron chi connectivity index (χ0n) is 14.8. The van der Waals surface area contributed by atoms with Crippen molar-refractivity contribution in [1.82, 2.24) is 19.5 Å². The second kappa shape index (κ2) is 7.40. The summed E-state index contributed by atoms with van der Waals surface area (Å²) in [6.07, 6.45) is 3.28. The number of likely N-dealkylation sites (tertiary alicyclic amines) is 1. The number of aryl methyl sites for hydroxylation is 1. The molecule has 1 aliphatic heterocycles. The van der Waals surface area contributed by atoms with Crippen molar-refractivity contribution in [3.63, 3.8) is 0 Å². The highest BCUT2D eigenvalue weighted by Crippen LogP contribution is 2.41. The lowest BCUT2D eigenvalue weighted by molar-refractivity contribution is -0.0499. The molecule has 4 rings (SSSR count). The van der Waals surface area contributed by atoms with Gasteiger partial charge in [0.05, 0.1) is 10.9 Å². The quantitative estimate of drug-likeness (QED) is 0.709. The topological polar surface area (TPSA) is 62.9 Å². The predicted octanol–water partition coefficient (Wildman–Crippen LogP) is 3.98. The van der Waals surface area contributed by atoms with Crippen LogP contribution in [0.2, 0.25) is 0 Å². The molecule has 0 bridgehead atoms. The number of fused-ring (bicyclic) bond motifs is 1. The number of thiazole rings is 1. The molecule has 0 radical (unpaired) electrons. The molecule has 0 unspecified atom stereocenters. The van der Waals surface area contributed by atoms with Crippen LogP contribution in [0.5, 0.6) is 11.6 Å². The molecule has 1 aliphatic rings. The molecule has 0 spiro atoms. The molecule has 144 valence electrons. The number of alkyl halides is 2. The average molecular weight is 394 g/mol. The Hall–Kier alpha value is -2.26. The van der Waals surface area contributed by atoms with Crippen molar-refractivity contribution in [2.75, 3.05) is 13.1 Å². The van der Waals surface area contributed by atoms with E-state index in [1.165, 1.54) is 21.9 Å². The summed E-state index contributed by atoms with van der Waals surface area (Å²) in [5, 5.41) is 15.0. The maximum atomic E-state index is 12.6. The van der Waals surface area contributed by atoms with Crippen molar-refractivity contribution in [1.29, 1.82) is 0 Å². The zero-order valence-corrected chi connectivity index (χ0v) is 15.6. The van der Waals surface area contributed by atoms with E-state index in [0.717, 1.165) is 37.9 Å². The number of piperidine rings is 1. The SMILES string of the molecule is Cc1nc2sc([C@@H](c3cccc(OC(F)F)c3)N3CCCCC3)c(O)n2n1. The third-order valence-corrected chi connectivity index (χ3v) is 5.78. The standard InChI is InChI=1S/C18H20F2N4O2S/c1-11-21-18-24(22-11)16(25)15(27-18)14(23-8-3-2-4-9-23)12-6-5-7-13(10-12)26-17(19)20/h5-7,10,14,17,25H,2-4,8-9H2,1H3/t14-/m1/s1. The summed E-state index contributed by atoms with van der Waals surface area (Å²) in [5.41, 5.74) is 0.798. The Balaban J connectivity index is 1.79. The Morgan fingerprint density at radius 1 is 1.22 bits per heavy atom. The van der Waals surface area contributed by atoms with E-state index in [1.807, 2.05) is 6.07 Å². The van der Waals surface area contributed by atoms with Gasteiger partial charge in [0.2, 0.25) is 10.8 Å². The molecule has 6 nitrogen and oxygen atoms in total. The first-order valence-electron chi connectivity index (χ1n) is 8.87. The monoisotopic (exact) mass is 394 g/mol. The van der Waals surface area contributed by atoms with Gasteiger partial charge in [0.1, 0.15) is 11.6 Å². The fourth-order valence-electron chi connectivity index (χ4n) is 3.59. The van der Waals surface area contributed by atoms with Crippen LogP contribution in [0.4, 0.5) is 8.78 Å². The van der Waals surface area contributed by atoms with Crippen LogP contribution in [0.15, 0.2) is 24.3 Å². The summed E-state index contributed by atoms with van der Waals surface area (Å²) in [4.78, 5) is 7.93. The molecule has 0 aliphatic carbocycles. The van der Waals surface area contributed by atoms with E-state index in [1.54, 1.807) is 19.1 Å². The van der Waals surface area contributed by atoms with Gasteiger partial charge in [-0.2, -0.15) is 13.3 Å². The summed E-state index contributed by atoms with van der Waals surface area (Å²) >= 11 is 1.37. The van der Waals surface area contributed by atoms with Crippen molar-refractivity contribution in [2.24, 2.45) is 0 Å². The highest BCUT2D eigenvalue weighted by atomic mass is 32.1. The van der Waals surface area contributed by atoms with E-state index in [9.17, 15) is 13.9 Å². The van der Waals surface area contributed by atoms with Crippen molar-refractivity contribution < 1.29 is 18.6 Å². The van der Waals surface area contributed by atoms with Gasteiger partial charge in [-0.3, -0.25) is 4.90 Å². The van der Waals surface area contributed by atoms with E-state index >= 15 is 0 Å². The molecule has 3 aromatic rings. The Labute approximate surface area is 159 Å².